The predicted octanol–water partition coefficient (Wildman–Crippen LogP) is 1.58. The molecule has 0 unspecified atom stereocenters. The molecule has 0 amide bonds. The van der Waals surface area contributed by atoms with Crippen LogP contribution in [0.1, 0.15) is 19.5 Å². The first-order chi connectivity index (χ1) is 8.98. The van der Waals surface area contributed by atoms with Gasteiger partial charge in [0.15, 0.2) is 5.13 Å². The lowest BCUT2D eigenvalue weighted by atomic mass is 9.90. The molecule has 0 aliphatic carbocycles. The number of carboxylic acid groups (broad SMARTS) is 1. The highest BCUT2D eigenvalue weighted by atomic mass is 32.1. The number of carboxylic acids is 1. The maximum Gasteiger partial charge on any atom is 0.315 e. The van der Waals surface area contributed by atoms with Crippen molar-refractivity contribution in [3.63, 3.8) is 0 Å². The van der Waals surface area contributed by atoms with E-state index in [-0.39, 0.29) is 0 Å². The van der Waals surface area contributed by atoms with E-state index >= 15 is 0 Å². The molecule has 6 nitrogen and oxygen atoms in total. The summed E-state index contributed by atoms with van der Waals surface area (Å²) in [6.07, 6.45) is 0. The van der Waals surface area contributed by atoms with Gasteiger partial charge in [-0.05, 0) is 13.8 Å². The Kier molecular flexibility index (Phi) is 6.20. The first-order valence-corrected chi connectivity index (χ1v) is 6.86. The molecule has 1 aromatic heterocycles. The first kappa shape index (κ1) is 15.9. The molecule has 0 fully saturated rings. The molecule has 0 bridgehead atoms. The Hall–Kier alpha value is -1.18. The lowest BCUT2D eigenvalue weighted by molar-refractivity contribution is -0.142. The molecule has 1 aromatic rings. The number of carbonyl (C=O) groups is 1. The monoisotopic (exact) mass is 288 g/mol. The molecule has 0 radical (unpaired) electrons. The SMILES string of the molecule is COCCOCCNc1nc(C(C)(C)C(=O)O)cs1. The van der Waals surface area contributed by atoms with Crippen LogP contribution in [0.4, 0.5) is 5.13 Å². The molecule has 19 heavy (non-hydrogen) atoms. The third-order valence-electron chi connectivity index (χ3n) is 2.63. The highest BCUT2D eigenvalue weighted by Crippen LogP contribution is 2.27. The molecule has 7 heteroatoms. The Morgan fingerprint density at radius 2 is 2.21 bits per heavy atom. The second kappa shape index (κ2) is 7.42. The molecule has 0 aliphatic rings. The summed E-state index contributed by atoms with van der Waals surface area (Å²) in [5.41, 5.74) is -0.404. The number of hydrogen-bond acceptors (Lipinski definition) is 6. The van der Waals surface area contributed by atoms with Gasteiger partial charge in [0.25, 0.3) is 0 Å². The van der Waals surface area contributed by atoms with Crippen LogP contribution in [0.15, 0.2) is 5.38 Å². The fourth-order valence-electron chi connectivity index (χ4n) is 1.23. The van der Waals surface area contributed by atoms with Crippen molar-refractivity contribution in [3.05, 3.63) is 11.1 Å². The predicted molar refractivity (Wildman–Crippen MR) is 74.0 cm³/mol. The first-order valence-electron chi connectivity index (χ1n) is 5.98. The zero-order valence-electron chi connectivity index (χ0n) is 11.4. The molecular weight excluding hydrogens is 268 g/mol. The van der Waals surface area contributed by atoms with E-state index < -0.39 is 11.4 Å². The lowest BCUT2D eigenvalue weighted by Gasteiger charge is -2.15. The van der Waals surface area contributed by atoms with Gasteiger partial charge in [0.2, 0.25) is 0 Å². The Bertz CT molecular complexity index is 406. The van der Waals surface area contributed by atoms with Gasteiger partial charge < -0.3 is 19.9 Å². The van der Waals surface area contributed by atoms with Gasteiger partial charge in [-0.3, -0.25) is 4.79 Å². The van der Waals surface area contributed by atoms with Gasteiger partial charge in [-0.1, -0.05) is 0 Å². The molecule has 0 saturated heterocycles. The molecule has 0 aliphatic heterocycles. The minimum absolute atomic E-state index is 0.556. The van der Waals surface area contributed by atoms with Crippen LogP contribution in [0.5, 0.6) is 0 Å². The van der Waals surface area contributed by atoms with Gasteiger partial charge >= 0.3 is 5.97 Å². The van der Waals surface area contributed by atoms with E-state index in [0.29, 0.717) is 37.2 Å². The van der Waals surface area contributed by atoms with Crippen LogP contribution in [-0.4, -0.2) is 49.5 Å². The molecule has 1 heterocycles. The Balaban J connectivity index is 2.37. The summed E-state index contributed by atoms with van der Waals surface area (Å²) in [7, 11) is 1.63. The van der Waals surface area contributed by atoms with Crippen molar-refractivity contribution in [2.45, 2.75) is 19.3 Å². The molecule has 0 atom stereocenters. The number of hydrogen-bond donors (Lipinski definition) is 2. The Morgan fingerprint density at radius 3 is 2.84 bits per heavy atom. The standard InChI is InChI=1S/C12H20N2O4S/c1-12(2,10(15)16)9-8-19-11(14-9)13-4-5-18-7-6-17-3/h8H,4-7H2,1-3H3,(H,13,14)(H,15,16). The second-order valence-corrected chi connectivity index (χ2v) is 5.36. The molecule has 0 aromatic carbocycles. The van der Waals surface area contributed by atoms with Crippen LogP contribution in [-0.2, 0) is 19.7 Å². The molecule has 1 rings (SSSR count). The van der Waals surface area contributed by atoms with Crippen molar-refractivity contribution in [2.75, 3.05) is 38.8 Å². The van der Waals surface area contributed by atoms with E-state index in [2.05, 4.69) is 10.3 Å². The van der Waals surface area contributed by atoms with E-state index in [4.69, 9.17) is 14.6 Å². The number of nitrogens with one attached hydrogen (secondary N) is 1. The summed E-state index contributed by atoms with van der Waals surface area (Å²) < 4.78 is 10.2. The van der Waals surface area contributed by atoms with Crippen molar-refractivity contribution in [3.8, 4) is 0 Å². The van der Waals surface area contributed by atoms with Gasteiger partial charge in [0, 0.05) is 19.0 Å². The molecule has 0 spiro atoms. The fourth-order valence-corrected chi connectivity index (χ4v) is 2.13. The Morgan fingerprint density at radius 1 is 1.47 bits per heavy atom. The van der Waals surface area contributed by atoms with Crippen LogP contribution in [0.25, 0.3) is 0 Å². The van der Waals surface area contributed by atoms with Crippen molar-refractivity contribution in [1.29, 1.82) is 0 Å². The minimum Gasteiger partial charge on any atom is -0.481 e. The zero-order chi connectivity index (χ0) is 14.3. The van der Waals surface area contributed by atoms with Crippen LogP contribution >= 0.6 is 11.3 Å². The number of nitrogens with zero attached hydrogens (tertiary/aromatic N) is 1. The average molecular weight is 288 g/mol. The number of aromatic nitrogens is 1. The average Bonchev–Trinajstić information content (AvgIpc) is 2.82. The largest absolute Gasteiger partial charge is 0.481 e. The molecule has 0 saturated carbocycles. The summed E-state index contributed by atoms with van der Waals surface area (Å²) in [6, 6.07) is 0. The number of thiazole rings is 1. The summed E-state index contributed by atoms with van der Waals surface area (Å²) in [6.45, 7) is 5.61. The third-order valence-corrected chi connectivity index (χ3v) is 3.43. The van der Waals surface area contributed by atoms with Crippen molar-refractivity contribution in [2.24, 2.45) is 0 Å². The fraction of sp³-hybridized carbons (Fsp3) is 0.667. The van der Waals surface area contributed by atoms with Crippen LogP contribution in [0.2, 0.25) is 0 Å². The number of anilines is 1. The van der Waals surface area contributed by atoms with Crippen LogP contribution < -0.4 is 5.32 Å². The normalized spacial score (nSPS) is 11.5. The van der Waals surface area contributed by atoms with Gasteiger partial charge in [-0.2, -0.15) is 0 Å². The van der Waals surface area contributed by atoms with E-state index in [1.807, 2.05) is 0 Å². The van der Waals surface area contributed by atoms with Gasteiger partial charge in [-0.25, -0.2) is 4.98 Å². The molecule has 2 N–H and O–H groups in total. The second-order valence-electron chi connectivity index (χ2n) is 4.50. The van der Waals surface area contributed by atoms with Crippen molar-refractivity contribution >= 4 is 22.4 Å². The lowest BCUT2D eigenvalue weighted by Crippen LogP contribution is -2.28. The summed E-state index contributed by atoms with van der Waals surface area (Å²) >= 11 is 1.40. The van der Waals surface area contributed by atoms with Crippen LogP contribution in [0, 0.1) is 0 Å². The number of aliphatic carboxylic acids is 1. The number of methoxy groups -OCH3 is 1. The van der Waals surface area contributed by atoms with Gasteiger partial charge in [0.05, 0.1) is 25.5 Å². The topological polar surface area (TPSA) is 80.7 Å². The highest BCUT2D eigenvalue weighted by Gasteiger charge is 2.32. The van der Waals surface area contributed by atoms with E-state index in [1.165, 1.54) is 11.3 Å². The summed E-state index contributed by atoms with van der Waals surface area (Å²) in [4.78, 5) is 15.4. The van der Waals surface area contributed by atoms with Crippen LogP contribution in [0.3, 0.4) is 0 Å². The third kappa shape index (κ3) is 4.77. The Labute approximate surface area is 116 Å². The molecule has 108 valence electrons. The number of rotatable bonds is 9. The van der Waals surface area contributed by atoms with Crippen molar-refractivity contribution < 1.29 is 19.4 Å². The smallest absolute Gasteiger partial charge is 0.315 e. The van der Waals surface area contributed by atoms with E-state index in [9.17, 15) is 4.79 Å². The van der Waals surface area contributed by atoms with E-state index in [0.717, 1.165) is 0 Å². The quantitative estimate of drug-likeness (QED) is 0.672. The summed E-state index contributed by atoms with van der Waals surface area (Å²) in [5.74, 6) is -0.882. The van der Waals surface area contributed by atoms with Gasteiger partial charge in [-0.15, -0.1) is 11.3 Å². The summed E-state index contributed by atoms with van der Waals surface area (Å²) in [5, 5.41) is 14.7. The van der Waals surface area contributed by atoms with Gasteiger partial charge in [0.1, 0.15) is 5.41 Å². The maximum absolute atomic E-state index is 11.1. The molecular formula is C12H20N2O4S. The maximum atomic E-state index is 11.1. The number of ether oxygens (including phenoxy) is 2. The van der Waals surface area contributed by atoms with Crippen molar-refractivity contribution in [1.82, 2.24) is 4.98 Å². The minimum atomic E-state index is -0.967. The zero-order valence-corrected chi connectivity index (χ0v) is 12.2. The van der Waals surface area contributed by atoms with E-state index in [1.54, 1.807) is 26.3 Å². The highest BCUT2D eigenvalue weighted by molar-refractivity contribution is 7.13.